The van der Waals surface area contributed by atoms with Crippen LogP contribution in [0.25, 0.3) is 0 Å². The molecule has 1 saturated heterocycles. The summed E-state index contributed by atoms with van der Waals surface area (Å²) in [6.07, 6.45) is 5.34. The van der Waals surface area contributed by atoms with Crippen molar-refractivity contribution in [2.75, 3.05) is 37.7 Å². The molecule has 192 valence electrons. The summed E-state index contributed by atoms with van der Waals surface area (Å²) in [5, 5.41) is 0. The standard InChI is InChI=1S/C27H39FN4O3/c1-6-19-15-21(28)16-20(19)17-34-25-29-23-14-18(2)8-7-9-22(23)24(30-25)31-10-12-32(13-11-31)26(33)35-27(3,4)5/h6,19-21H,1-2,7-17H2,3-5H3/t19?,20-,21-/m0/s1. The fraction of sp³-hybridized carbons (Fsp3) is 0.667. The fourth-order valence-electron chi connectivity index (χ4n) is 5.24. The van der Waals surface area contributed by atoms with Crippen molar-refractivity contribution in [1.82, 2.24) is 14.9 Å². The van der Waals surface area contributed by atoms with Crippen LogP contribution in [-0.2, 0) is 17.6 Å². The second kappa shape index (κ2) is 10.5. The molecule has 1 amide bonds. The number of anilines is 1. The number of rotatable bonds is 5. The van der Waals surface area contributed by atoms with Gasteiger partial charge in [0.1, 0.15) is 17.6 Å². The lowest BCUT2D eigenvalue weighted by Crippen LogP contribution is -2.50. The van der Waals surface area contributed by atoms with Gasteiger partial charge in [-0.25, -0.2) is 9.18 Å². The molecule has 1 unspecified atom stereocenters. The normalized spacial score (nSPS) is 25.1. The molecule has 2 aliphatic carbocycles. The molecule has 3 atom stereocenters. The largest absolute Gasteiger partial charge is 0.463 e. The third-order valence-corrected chi connectivity index (χ3v) is 7.08. The summed E-state index contributed by atoms with van der Waals surface area (Å²) < 4.78 is 25.6. The minimum absolute atomic E-state index is 0.0840. The van der Waals surface area contributed by atoms with E-state index in [9.17, 15) is 9.18 Å². The first-order chi connectivity index (χ1) is 16.6. The molecule has 2 heterocycles. The number of hydrogen-bond donors (Lipinski definition) is 0. The maximum Gasteiger partial charge on any atom is 0.410 e. The maximum atomic E-state index is 13.9. The average molecular weight is 487 g/mol. The van der Waals surface area contributed by atoms with Crippen LogP contribution in [0.4, 0.5) is 15.0 Å². The van der Waals surface area contributed by atoms with Crippen LogP contribution in [0, 0.1) is 11.8 Å². The Balaban J connectivity index is 1.51. The highest BCUT2D eigenvalue weighted by Crippen LogP contribution is 2.36. The number of ether oxygens (including phenoxy) is 2. The van der Waals surface area contributed by atoms with Crippen LogP contribution in [0.15, 0.2) is 24.8 Å². The van der Waals surface area contributed by atoms with Crippen molar-refractivity contribution in [2.45, 2.75) is 71.1 Å². The maximum absolute atomic E-state index is 13.9. The van der Waals surface area contributed by atoms with E-state index in [1.807, 2.05) is 26.8 Å². The molecule has 0 N–H and O–H groups in total. The lowest BCUT2D eigenvalue weighted by atomic mass is 9.97. The Kier molecular flexibility index (Phi) is 7.67. The number of alkyl halides is 1. The van der Waals surface area contributed by atoms with E-state index in [1.165, 1.54) is 0 Å². The highest BCUT2D eigenvalue weighted by molar-refractivity contribution is 5.68. The number of halogens is 1. The van der Waals surface area contributed by atoms with Crippen LogP contribution < -0.4 is 9.64 Å². The molecule has 1 aliphatic heterocycles. The van der Waals surface area contributed by atoms with E-state index < -0.39 is 11.8 Å². The molecule has 1 aromatic heterocycles. The molecule has 0 radical (unpaired) electrons. The Morgan fingerprint density at radius 2 is 1.91 bits per heavy atom. The molecule has 0 aromatic carbocycles. The number of allylic oxidation sites excluding steroid dienone is 2. The van der Waals surface area contributed by atoms with Crippen molar-refractivity contribution >= 4 is 11.9 Å². The molecule has 1 saturated carbocycles. The van der Waals surface area contributed by atoms with Gasteiger partial charge in [0.25, 0.3) is 0 Å². The van der Waals surface area contributed by atoms with E-state index in [1.54, 1.807) is 4.90 Å². The Bertz CT molecular complexity index is 952. The first-order valence-corrected chi connectivity index (χ1v) is 12.8. The van der Waals surface area contributed by atoms with Crippen LogP contribution in [0.1, 0.15) is 57.7 Å². The number of fused-ring (bicyclic) bond motifs is 1. The molecule has 0 spiro atoms. The first kappa shape index (κ1) is 25.5. The number of carbonyl (C=O) groups is 1. The minimum Gasteiger partial charge on any atom is -0.463 e. The van der Waals surface area contributed by atoms with Crippen molar-refractivity contribution < 1.29 is 18.7 Å². The van der Waals surface area contributed by atoms with E-state index in [4.69, 9.17) is 19.4 Å². The van der Waals surface area contributed by atoms with Gasteiger partial charge in [0.15, 0.2) is 0 Å². The Morgan fingerprint density at radius 3 is 2.60 bits per heavy atom. The number of carbonyl (C=O) groups excluding carboxylic acids is 1. The van der Waals surface area contributed by atoms with Gasteiger partial charge in [-0.05, 0) is 58.8 Å². The predicted octanol–water partition coefficient (Wildman–Crippen LogP) is 4.90. The van der Waals surface area contributed by atoms with E-state index in [0.717, 1.165) is 41.9 Å². The zero-order valence-corrected chi connectivity index (χ0v) is 21.4. The summed E-state index contributed by atoms with van der Waals surface area (Å²) >= 11 is 0. The van der Waals surface area contributed by atoms with Crippen LogP contribution in [-0.4, -0.2) is 65.5 Å². The van der Waals surface area contributed by atoms with E-state index in [-0.39, 0.29) is 17.9 Å². The lowest BCUT2D eigenvalue weighted by molar-refractivity contribution is 0.0240. The van der Waals surface area contributed by atoms with Crippen molar-refractivity contribution in [2.24, 2.45) is 11.8 Å². The third kappa shape index (κ3) is 6.33. The van der Waals surface area contributed by atoms with Crippen molar-refractivity contribution in [3.63, 3.8) is 0 Å². The van der Waals surface area contributed by atoms with Gasteiger partial charge >= 0.3 is 12.1 Å². The summed E-state index contributed by atoms with van der Waals surface area (Å²) in [6.45, 7) is 16.5. The van der Waals surface area contributed by atoms with Gasteiger partial charge in [-0.2, -0.15) is 9.97 Å². The minimum atomic E-state index is -0.806. The molecule has 4 rings (SSSR count). The van der Waals surface area contributed by atoms with Crippen LogP contribution in [0.2, 0.25) is 0 Å². The van der Waals surface area contributed by atoms with E-state index in [2.05, 4.69) is 18.1 Å². The third-order valence-electron chi connectivity index (χ3n) is 7.08. The highest BCUT2D eigenvalue weighted by atomic mass is 19.1. The number of piperazine rings is 1. The van der Waals surface area contributed by atoms with Gasteiger partial charge in [-0.15, -0.1) is 6.58 Å². The fourth-order valence-corrected chi connectivity index (χ4v) is 5.24. The number of hydrogen-bond acceptors (Lipinski definition) is 6. The topological polar surface area (TPSA) is 67.8 Å². The number of amides is 1. The van der Waals surface area contributed by atoms with Gasteiger partial charge in [-0.3, -0.25) is 0 Å². The summed E-state index contributed by atoms with van der Waals surface area (Å²) in [5.74, 6) is 1.09. The van der Waals surface area contributed by atoms with Gasteiger partial charge < -0.3 is 19.3 Å². The van der Waals surface area contributed by atoms with Gasteiger partial charge in [0.05, 0.1) is 12.3 Å². The van der Waals surface area contributed by atoms with Crippen molar-refractivity contribution in [1.29, 1.82) is 0 Å². The second-order valence-corrected chi connectivity index (χ2v) is 11.0. The van der Waals surface area contributed by atoms with Gasteiger partial charge in [0, 0.05) is 44.1 Å². The number of aromatic nitrogens is 2. The first-order valence-electron chi connectivity index (χ1n) is 12.8. The summed E-state index contributed by atoms with van der Waals surface area (Å²) in [6, 6.07) is 0.341. The zero-order valence-electron chi connectivity index (χ0n) is 21.4. The SMILES string of the molecule is C=CC1C[C@H](F)C[C@H]1COc1nc2c(c(N3CCN(C(=O)OC(C)(C)C)CC3)n1)CCCC(=C)C2. The van der Waals surface area contributed by atoms with Crippen LogP contribution in [0.3, 0.4) is 0 Å². The second-order valence-electron chi connectivity index (χ2n) is 11.0. The number of nitrogens with zero attached hydrogens (tertiary/aromatic N) is 4. The van der Waals surface area contributed by atoms with Gasteiger partial charge in [0.2, 0.25) is 0 Å². The molecule has 0 bridgehead atoms. The summed E-state index contributed by atoms with van der Waals surface area (Å²) in [5.41, 5.74) is 2.77. The monoisotopic (exact) mass is 486 g/mol. The zero-order chi connectivity index (χ0) is 25.2. The highest BCUT2D eigenvalue weighted by Gasteiger charge is 2.34. The lowest BCUT2D eigenvalue weighted by Gasteiger charge is -2.37. The van der Waals surface area contributed by atoms with E-state index in [0.29, 0.717) is 58.1 Å². The van der Waals surface area contributed by atoms with Gasteiger partial charge in [-0.1, -0.05) is 18.2 Å². The van der Waals surface area contributed by atoms with Crippen LogP contribution >= 0.6 is 0 Å². The molecule has 3 aliphatic rings. The molecule has 7 nitrogen and oxygen atoms in total. The Morgan fingerprint density at radius 1 is 1.17 bits per heavy atom. The molecule has 35 heavy (non-hydrogen) atoms. The molecular formula is C27H39FN4O3. The molecule has 8 heteroatoms. The quantitative estimate of drug-likeness (QED) is 0.436. The smallest absolute Gasteiger partial charge is 0.410 e. The summed E-state index contributed by atoms with van der Waals surface area (Å²) in [4.78, 5) is 26.1. The Labute approximate surface area is 208 Å². The molecule has 1 aromatic rings. The van der Waals surface area contributed by atoms with Crippen molar-refractivity contribution in [3.05, 3.63) is 36.1 Å². The van der Waals surface area contributed by atoms with Crippen molar-refractivity contribution in [3.8, 4) is 6.01 Å². The van der Waals surface area contributed by atoms with Crippen LogP contribution in [0.5, 0.6) is 6.01 Å². The Hall–Kier alpha value is -2.64. The van der Waals surface area contributed by atoms with E-state index >= 15 is 0 Å². The molecular weight excluding hydrogens is 447 g/mol. The predicted molar refractivity (Wildman–Crippen MR) is 135 cm³/mol. The average Bonchev–Trinajstić information content (AvgIpc) is 3.05. The molecule has 2 fully saturated rings. The summed E-state index contributed by atoms with van der Waals surface area (Å²) in [7, 11) is 0.